The lowest BCUT2D eigenvalue weighted by atomic mass is 9.98. The molecule has 0 heterocycles. The van der Waals surface area contributed by atoms with Crippen LogP contribution in [-0.4, -0.2) is 5.78 Å². The molecule has 110 valence electrons. The Morgan fingerprint density at radius 2 is 1.71 bits per heavy atom. The van der Waals surface area contributed by atoms with Crippen molar-refractivity contribution in [2.24, 2.45) is 5.73 Å². The third-order valence-corrected chi connectivity index (χ3v) is 3.85. The summed E-state index contributed by atoms with van der Waals surface area (Å²) in [5.74, 6) is -1.70. The van der Waals surface area contributed by atoms with Crippen molar-refractivity contribution in [2.45, 2.75) is 19.4 Å². The molecule has 0 amide bonds. The molecule has 0 bridgehead atoms. The van der Waals surface area contributed by atoms with E-state index in [0.29, 0.717) is 6.54 Å². The zero-order valence-corrected chi connectivity index (χ0v) is 12.8. The number of hydrogen-bond donors (Lipinski definition) is 1. The molecule has 0 radical (unpaired) electrons. The Kier molecular flexibility index (Phi) is 5.20. The summed E-state index contributed by atoms with van der Waals surface area (Å²) in [4.78, 5) is 12.1. The quantitative estimate of drug-likeness (QED) is 0.835. The molecule has 5 heteroatoms. The van der Waals surface area contributed by atoms with Crippen LogP contribution in [0.25, 0.3) is 0 Å². The first-order chi connectivity index (χ1) is 10.0. The molecule has 0 saturated carbocycles. The van der Waals surface area contributed by atoms with Crippen molar-refractivity contribution < 1.29 is 13.6 Å². The molecule has 0 aliphatic rings. The monoisotopic (exact) mass is 353 g/mol. The molecule has 0 spiro atoms. The van der Waals surface area contributed by atoms with Crippen LogP contribution in [0, 0.1) is 11.6 Å². The number of carbonyl (C=O) groups excluding carboxylic acids is 1. The lowest BCUT2D eigenvalue weighted by Crippen LogP contribution is -2.12. The predicted molar refractivity (Wildman–Crippen MR) is 80.8 cm³/mol. The fraction of sp³-hybridized carbons (Fsp3) is 0.188. The van der Waals surface area contributed by atoms with Gasteiger partial charge in [-0.25, -0.2) is 8.78 Å². The van der Waals surface area contributed by atoms with Crippen LogP contribution < -0.4 is 5.73 Å². The van der Waals surface area contributed by atoms with Crippen molar-refractivity contribution in [1.29, 1.82) is 0 Å². The zero-order chi connectivity index (χ0) is 15.4. The normalized spacial score (nSPS) is 10.7. The maximum Gasteiger partial charge on any atom is 0.143 e. The second-order valence-corrected chi connectivity index (χ2v) is 5.54. The number of rotatable bonds is 5. The van der Waals surface area contributed by atoms with Crippen molar-refractivity contribution >= 4 is 21.7 Å². The predicted octanol–water partition coefficient (Wildman–Crippen LogP) is 3.54. The van der Waals surface area contributed by atoms with Gasteiger partial charge in [-0.15, -0.1) is 0 Å². The Morgan fingerprint density at radius 3 is 2.38 bits per heavy atom. The van der Waals surface area contributed by atoms with E-state index in [4.69, 9.17) is 5.73 Å². The number of halogens is 3. The van der Waals surface area contributed by atoms with Gasteiger partial charge in [-0.05, 0) is 39.2 Å². The van der Waals surface area contributed by atoms with Gasteiger partial charge >= 0.3 is 0 Å². The molecule has 2 nitrogen and oxygen atoms in total. The molecule has 0 fully saturated rings. The summed E-state index contributed by atoms with van der Waals surface area (Å²) in [5, 5.41) is 0. The Labute approximate surface area is 130 Å². The van der Waals surface area contributed by atoms with E-state index >= 15 is 0 Å². The smallest absolute Gasteiger partial charge is 0.143 e. The van der Waals surface area contributed by atoms with Gasteiger partial charge in [-0.3, -0.25) is 4.79 Å². The van der Waals surface area contributed by atoms with Gasteiger partial charge in [0.1, 0.15) is 17.4 Å². The molecule has 2 N–H and O–H groups in total. The molecule has 0 atom stereocenters. The topological polar surface area (TPSA) is 43.1 Å². The standard InChI is InChI=1S/C16H14BrF2NO/c17-14-5-6-15(18)13(16(14)19)8-12(21)7-10-3-1-2-4-11(10)9-20/h1-6H,7-9,20H2. The van der Waals surface area contributed by atoms with Crippen LogP contribution in [-0.2, 0) is 24.2 Å². The van der Waals surface area contributed by atoms with Gasteiger partial charge in [0.15, 0.2) is 0 Å². The summed E-state index contributed by atoms with van der Waals surface area (Å²) in [6, 6.07) is 9.70. The van der Waals surface area contributed by atoms with Crippen LogP contribution in [0.1, 0.15) is 16.7 Å². The van der Waals surface area contributed by atoms with E-state index in [2.05, 4.69) is 15.9 Å². The van der Waals surface area contributed by atoms with Crippen LogP contribution in [0.3, 0.4) is 0 Å². The minimum atomic E-state index is -0.726. The molecule has 0 aliphatic carbocycles. The van der Waals surface area contributed by atoms with E-state index < -0.39 is 11.6 Å². The summed E-state index contributed by atoms with van der Waals surface area (Å²) >= 11 is 2.99. The fourth-order valence-electron chi connectivity index (χ4n) is 2.13. The van der Waals surface area contributed by atoms with Gasteiger partial charge in [-0.2, -0.15) is 0 Å². The first kappa shape index (κ1) is 15.8. The van der Waals surface area contributed by atoms with Gasteiger partial charge < -0.3 is 5.73 Å². The van der Waals surface area contributed by atoms with Gasteiger partial charge in [0, 0.05) is 24.9 Å². The minimum Gasteiger partial charge on any atom is -0.326 e. The highest BCUT2D eigenvalue weighted by Crippen LogP contribution is 2.22. The molecule has 2 aromatic rings. The maximum absolute atomic E-state index is 13.8. The van der Waals surface area contributed by atoms with Crippen molar-refractivity contribution in [2.75, 3.05) is 0 Å². The Morgan fingerprint density at radius 1 is 1.05 bits per heavy atom. The highest BCUT2D eigenvalue weighted by atomic mass is 79.9. The molecular weight excluding hydrogens is 340 g/mol. The number of ketones is 1. The first-order valence-electron chi connectivity index (χ1n) is 6.44. The molecule has 0 saturated heterocycles. The van der Waals surface area contributed by atoms with E-state index in [1.54, 1.807) is 6.07 Å². The largest absolute Gasteiger partial charge is 0.326 e. The van der Waals surface area contributed by atoms with Crippen LogP contribution in [0.5, 0.6) is 0 Å². The van der Waals surface area contributed by atoms with Crippen LogP contribution in [0.15, 0.2) is 40.9 Å². The summed E-state index contributed by atoms with van der Waals surface area (Å²) < 4.78 is 27.6. The highest BCUT2D eigenvalue weighted by molar-refractivity contribution is 9.10. The van der Waals surface area contributed by atoms with Crippen molar-refractivity contribution in [3.05, 3.63) is 69.2 Å². The molecule has 2 aromatic carbocycles. The van der Waals surface area contributed by atoms with Crippen molar-refractivity contribution in [3.63, 3.8) is 0 Å². The van der Waals surface area contributed by atoms with Crippen LogP contribution in [0.2, 0.25) is 0 Å². The zero-order valence-electron chi connectivity index (χ0n) is 11.2. The minimum absolute atomic E-state index is 0.110. The summed E-state index contributed by atoms with van der Waals surface area (Å²) in [7, 11) is 0. The summed E-state index contributed by atoms with van der Waals surface area (Å²) in [6.45, 7) is 0.322. The number of Topliss-reactive ketones (excluding diaryl/α,β-unsaturated/α-hetero) is 1. The van der Waals surface area contributed by atoms with Gasteiger partial charge in [-0.1, -0.05) is 24.3 Å². The third kappa shape index (κ3) is 3.74. The Bertz CT molecular complexity index is 673. The van der Waals surface area contributed by atoms with Crippen LogP contribution >= 0.6 is 15.9 Å². The lowest BCUT2D eigenvalue weighted by molar-refractivity contribution is -0.117. The third-order valence-electron chi connectivity index (χ3n) is 3.24. The van der Waals surface area contributed by atoms with E-state index in [1.165, 1.54) is 6.07 Å². The van der Waals surface area contributed by atoms with E-state index in [-0.39, 0.29) is 28.7 Å². The molecular formula is C16H14BrF2NO. The highest BCUT2D eigenvalue weighted by Gasteiger charge is 2.16. The molecule has 0 unspecified atom stereocenters. The first-order valence-corrected chi connectivity index (χ1v) is 7.23. The molecule has 0 aliphatic heterocycles. The molecule has 21 heavy (non-hydrogen) atoms. The number of carbonyl (C=O) groups is 1. The maximum atomic E-state index is 13.8. The Hall–Kier alpha value is -1.59. The van der Waals surface area contributed by atoms with E-state index in [0.717, 1.165) is 17.2 Å². The second kappa shape index (κ2) is 6.91. The number of nitrogens with two attached hydrogens (primary N) is 1. The SMILES string of the molecule is NCc1ccccc1CC(=O)Cc1c(F)ccc(Br)c1F. The summed E-state index contributed by atoms with van der Waals surface area (Å²) in [6.07, 6.45) is -0.172. The average Bonchev–Trinajstić information content (AvgIpc) is 2.48. The van der Waals surface area contributed by atoms with Crippen molar-refractivity contribution in [1.82, 2.24) is 0 Å². The van der Waals surface area contributed by atoms with Gasteiger partial charge in [0.05, 0.1) is 4.47 Å². The number of hydrogen-bond acceptors (Lipinski definition) is 2. The van der Waals surface area contributed by atoms with E-state index in [9.17, 15) is 13.6 Å². The molecule has 2 rings (SSSR count). The molecule has 0 aromatic heterocycles. The second-order valence-electron chi connectivity index (χ2n) is 4.69. The van der Waals surface area contributed by atoms with Gasteiger partial charge in [0.25, 0.3) is 0 Å². The van der Waals surface area contributed by atoms with E-state index in [1.807, 2.05) is 18.2 Å². The fourth-order valence-corrected chi connectivity index (χ4v) is 2.50. The summed E-state index contributed by atoms with van der Waals surface area (Å²) in [5.41, 5.74) is 7.06. The lowest BCUT2D eigenvalue weighted by Gasteiger charge is -2.08. The van der Waals surface area contributed by atoms with Crippen molar-refractivity contribution in [3.8, 4) is 0 Å². The van der Waals surface area contributed by atoms with Gasteiger partial charge in [0.2, 0.25) is 0 Å². The average molecular weight is 354 g/mol. The van der Waals surface area contributed by atoms with Crippen LogP contribution in [0.4, 0.5) is 8.78 Å². The number of benzene rings is 2. The Balaban J connectivity index is 2.18.